The van der Waals surface area contributed by atoms with Gasteiger partial charge in [0, 0.05) is 10.3 Å². The van der Waals surface area contributed by atoms with E-state index in [0.29, 0.717) is 4.70 Å². The van der Waals surface area contributed by atoms with Crippen molar-refractivity contribution >= 4 is 35.0 Å². The molecule has 0 radical (unpaired) electrons. The number of halogens is 2. The average Bonchev–Trinajstić information content (AvgIpc) is 3.03. The van der Waals surface area contributed by atoms with E-state index in [1.54, 1.807) is 12.1 Å². The summed E-state index contributed by atoms with van der Waals surface area (Å²) in [7, 11) is -5.65. The zero-order chi connectivity index (χ0) is 18.9. The van der Waals surface area contributed by atoms with Crippen LogP contribution in [0.5, 0.6) is 0 Å². The second-order valence-electron chi connectivity index (χ2n) is 5.51. The zero-order valence-electron chi connectivity index (χ0n) is 13.1. The highest BCUT2D eigenvalue weighted by Crippen LogP contribution is 2.59. The summed E-state index contributed by atoms with van der Waals surface area (Å²) >= 11 is 1.05. The van der Waals surface area contributed by atoms with Crippen molar-refractivity contribution in [2.24, 2.45) is 0 Å². The van der Waals surface area contributed by atoms with Crippen LogP contribution in [0.2, 0.25) is 0 Å². The maximum atomic E-state index is 13.8. The average molecular weight is 398 g/mol. The van der Waals surface area contributed by atoms with Gasteiger partial charge in [0.2, 0.25) is 0 Å². The Bertz CT molecular complexity index is 997. The van der Waals surface area contributed by atoms with E-state index in [9.17, 15) is 18.1 Å². The SMILES string of the molecule is O=C(OCc1ccccc1)c1cc2cc(C(F)(F)P(=O)(O)O)ccc2s1. The van der Waals surface area contributed by atoms with Crippen LogP contribution in [-0.4, -0.2) is 15.8 Å². The molecule has 0 amide bonds. The Morgan fingerprint density at radius 1 is 1.12 bits per heavy atom. The molecule has 5 nitrogen and oxygen atoms in total. The lowest BCUT2D eigenvalue weighted by atomic mass is 10.1. The number of hydrogen-bond acceptors (Lipinski definition) is 4. The van der Waals surface area contributed by atoms with Crippen LogP contribution in [0.15, 0.2) is 54.6 Å². The number of ether oxygens (including phenoxy) is 1. The van der Waals surface area contributed by atoms with Crippen LogP contribution in [-0.2, 0) is 21.6 Å². The Hall–Kier alpha value is -2.12. The van der Waals surface area contributed by atoms with Crippen molar-refractivity contribution in [3.05, 3.63) is 70.6 Å². The molecule has 0 aliphatic carbocycles. The summed E-state index contributed by atoms with van der Waals surface area (Å²) in [6, 6.07) is 13.6. The van der Waals surface area contributed by atoms with Crippen molar-refractivity contribution in [2.45, 2.75) is 12.3 Å². The molecule has 9 heteroatoms. The van der Waals surface area contributed by atoms with Crippen LogP contribution in [0.3, 0.4) is 0 Å². The van der Waals surface area contributed by atoms with Gasteiger partial charge in [-0.15, -0.1) is 11.3 Å². The van der Waals surface area contributed by atoms with Crippen molar-refractivity contribution < 1.29 is 32.7 Å². The number of carbonyl (C=O) groups excluding carboxylic acids is 1. The number of rotatable bonds is 5. The molecule has 1 aromatic heterocycles. The topological polar surface area (TPSA) is 83.8 Å². The third kappa shape index (κ3) is 3.68. The summed E-state index contributed by atoms with van der Waals surface area (Å²) in [6.07, 6.45) is 0. The van der Waals surface area contributed by atoms with Crippen LogP contribution >= 0.6 is 18.9 Å². The minimum Gasteiger partial charge on any atom is -0.457 e. The molecule has 26 heavy (non-hydrogen) atoms. The van der Waals surface area contributed by atoms with Gasteiger partial charge in [0.1, 0.15) is 11.5 Å². The summed E-state index contributed by atoms with van der Waals surface area (Å²) < 4.78 is 44.3. The molecule has 0 atom stereocenters. The first-order valence-corrected chi connectivity index (χ1v) is 9.80. The maximum absolute atomic E-state index is 13.8. The third-order valence-electron chi connectivity index (χ3n) is 3.64. The molecule has 0 aliphatic rings. The van der Waals surface area contributed by atoms with E-state index < -0.39 is 24.8 Å². The van der Waals surface area contributed by atoms with Gasteiger partial charge in [0.05, 0.1) is 0 Å². The highest BCUT2D eigenvalue weighted by molar-refractivity contribution is 7.52. The van der Waals surface area contributed by atoms with E-state index in [1.165, 1.54) is 12.1 Å². The third-order valence-corrected chi connectivity index (χ3v) is 5.73. The van der Waals surface area contributed by atoms with E-state index in [-0.39, 0.29) is 16.9 Å². The lowest BCUT2D eigenvalue weighted by Crippen LogP contribution is -2.13. The fourth-order valence-electron chi connectivity index (χ4n) is 2.29. The highest BCUT2D eigenvalue weighted by atomic mass is 32.1. The van der Waals surface area contributed by atoms with Gasteiger partial charge < -0.3 is 14.5 Å². The van der Waals surface area contributed by atoms with Gasteiger partial charge in [-0.2, -0.15) is 8.78 Å². The Labute approximate surface area is 151 Å². The summed E-state index contributed by atoms with van der Waals surface area (Å²) in [5, 5.41) is 0.285. The molecule has 136 valence electrons. The van der Waals surface area contributed by atoms with E-state index >= 15 is 0 Å². The van der Waals surface area contributed by atoms with E-state index in [2.05, 4.69) is 0 Å². The lowest BCUT2D eigenvalue weighted by molar-refractivity contribution is 0.0478. The second-order valence-corrected chi connectivity index (χ2v) is 8.24. The molecule has 2 aromatic carbocycles. The van der Waals surface area contributed by atoms with Crippen LogP contribution in [0, 0.1) is 0 Å². The molecule has 3 aromatic rings. The van der Waals surface area contributed by atoms with Gasteiger partial charge in [0.25, 0.3) is 0 Å². The number of hydrogen-bond donors (Lipinski definition) is 2. The Morgan fingerprint density at radius 3 is 2.46 bits per heavy atom. The monoisotopic (exact) mass is 398 g/mol. The second kappa shape index (κ2) is 6.89. The zero-order valence-corrected chi connectivity index (χ0v) is 14.8. The minimum absolute atomic E-state index is 0.0788. The van der Waals surface area contributed by atoms with Crippen molar-refractivity contribution in [3.8, 4) is 0 Å². The fraction of sp³-hybridized carbons (Fsp3) is 0.118. The molecule has 0 fully saturated rings. The molecule has 0 saturated heterocycles. The van der Waals surface area contributed by atoms with Gasteiger partial charge in [0.15, 0.2) is 0 Å². The van der Waals surface area contributed by atoms with Crippen molar-refractivity contribution in [2.75, 3.05) is 0 Å². The molecular formula is C17H13F2O5PS. The standard InChI is InChI=1S/C17H13F2O5PS/c18-17(19,25(21,22)23)13-6-7-14-12(8-13)9-15(26-14)16(20)24-10-11-4-2-1-3-5-11/h1-9H,10H2,(H2,21,22,23). The summed E-state index contributed by atoms with van der Waals surface area (Å²) in [6.45, 7) is 0.0788. The first-order chi connectivity index (χ1) is 12.2. The molecule has 0 spiro atoms. The Kier molecular flexibility index (Phi) is 4.94. The maximum Gasteiger partial charge on any atom is 0.399 e. The number of esters is 1. The molecule has 0 aliphatic heterocycles. The lowest BCUT2D eigenvalue weighted by Gasteiger charge is -2.17. The number of thiophene rings is 1. The number of benzene rings is 2. The van der Waals surface area contributed by atoms with Gasteiger partial charge in [-0.25, -0.2) is 4.79 Å². The smallest absolute Gasteiger partial charge is 0.399 e. The number of carbonyl (C=O) groups is 1. The first-order valence-electron chi connectivity index (χ1n) is 7.37. The predicted octanol–water partition coefficient (Wildman–Crippen LogP) is 4.49. The van der Waals surface area contributed by atoms with Gasteiger partial charge in [-0.3, -0.25) is 4.57 Å². The van der Waals surface area contributed by atoms with Gasteiger partial charge >= 0.3 is 19.2 Å². The molecule has 2 N–H and O–H groups in total. The van der Waals surface area contributed by atoms with Crippen molar-refractivity contribution in [3.63, 3.8) is 0 Å². The van der Waals surface area contributed by atoms with Crippen LogP contribution < -0.4 is 0 Å². The summed E-state index contributed by atoms with van der Waals surface area (Å²) in [4.78, 5) is 30.0. The quantitative estimate of drug-likeness (QED) is 0.489. The molecule has 0 saturated carbocycles. The highest BCUT2D eigenvalue weighted by Gasteiger charge is 2.50. The van der Waals surface area contributed by atoms with Crippen molar-refractivity contribution in [1.82, 2.24) is 0 Å². The summed E-state index contributed by atoms with van der Waals surface area (Å²) in [5.41, 5.74) is -4.29. The van der Waals surface area contributed by atoms with Crippen molar-refractivity contribution in [1.29, 1.82) is 0 Å². The normalized spacial score (nSPS) is 12.3. The van der Waals surface area contributed by atoms with Gasteiger partial charge in [-0.05, 0) is 29.1 Å². The van der Waals surface area contributed by atoms with Crippen LogP contribution in [0.25, 0.3) is 10.1 Å². The van der Waals surface area contributed by atoms with Crippen LogP contribution in [0.4, 0.5) is 8.78 Å². The molecular weight excluding hydrogens is 385 g/mol. The number of fused-ring (bicyclic) bond motifs is 1. The fourth-order valence-corrected chi connectivity index (χ4v) is 3.71. The summed E-state index contributed by atoms with van der Waals surface area (Å²) in [5.74, 6) is -0.599. The molecule has 3 rings (SSSR count). The molecule has 0 unspecified atom stereocenters. The van der Waals surface area contributed by atoms with E-state index in [4.69, 9.17) is 14.5 Å². The Morgan fingerprint density at radius 2 is 1.81 bits per heavy atom. The largest absolute Gasteiger partial charge is 0.457 e. The van der Waals surface area contributed by atoms with Crippen LogP contribution in [0.1, 0.15) is 20.8 Å². The minimum atomic E-state index is -5.65. The first kappa shape index (κ1) is 18.7. The molecule has 0 bridgehead atoms. The molecule has 1 heterocycles. The van der Waals surface area contributed by atoms with E-state index in [0.717, 1.165) is 29.0 Å². The van der Waals surface area contributed by atoms with E-state index in [1.807, 2.05) is 18.2 Å². The number of alkyl halides is 2. The predicted molar refractivity (Wildman–Crippen MR) is 93.3 cm³/mol. The Balaban J connectivity index is 1.83. The van der Waals surface area contributed by atoms with Gasteiger partial charge in [-0.1, -0.05) is 36.4 Å².